The second-order valence-corrected chi connectivity index (χ2v) is 5.75. The predicted octanol–water partition coefficient (Wildman–Crippen LogP) is 2.75. The van der Waals surface area contributed by atoms with Gasteiger partial charge in [0.15, 0.2) is 0 Å². The summed E-state index contributed by atoms with van der Waals surface area (Å²) in [6.45, 7) is 3.29. The lowest BCUT2D eigenvalue weighted by molar-refractivity contribution is 0.515. The Kier molecular flexibility index (Phi) is 3.96. The maximum absolute atomic E-state index is 3.69. The van der Waals surface area contributed by atoms with Crippen molar-refractivity contribution in [3.05, 3.63) is 34.9 Å². The van der Waals surface area contributed by atoms with Crippen LogP contribution in [0.25, 0.3) is 0 Å². The number of nitrogens with one attached hydrogen (secondary N) is 2. The maximum atomic E-state index is 3.69. The Balaban J connectivity index is 1.42. The molecule has 1 aromatic rings. The third kappa shape index (κ3) is 2.93. The van der Waals surface area contributed by atoms with E-state index in [-0.39, 0.29) is 0 Å². The summed E-state index contributed by atoms with van der Waals surface area (Å²) in [7, 11) is 0. The van der Waals surface area contributed by atoms with E-state index >= 15 is 0 Å². The van der Waals surface area contributed by atoms with Crippen LogP contribution < -0.4 is 10.6 Å². The van der Waals surface area contributed by atoms with E-state index in [0.717, 1.165) is 19.1 Å². The van der Waals surface area contributed by atoms with E-state index < -0.39 is 0 Å². The zero-order valence-corrected chi connectivity index (χ0v) is 11.2. The monoisotopic (exact) mass is 244 g/mol. The Labute approximate surface area is 110 Å². The largest absolute Gasteiger partial charge is 0.314 e. The molecule has 1 aliphatic heterocycles. The van der Waals surface area contributed by atoms with Gasteiger partial charge in [-0.3, -0.25) is 0 Å². The zero-order valence-electron chi connectivity index (χ0n) is 11.2. The average Bonchev–Trinajstić information content (AvgIpc) is 3.05. The molecule has 0 unspecified atom stereocenters. The molecule has 2 aliphatic rings. The third-order valence-electron chi connectivity index (χ3n) is 4.33. The van der Waals surface area contributed by atoms with Crippen molar-refractivity contribution in [2.75, 3.05) is 6.54 Å². The fourth-order valence-electron chi connectivity index (χ4n) is 3.23. The molecule has 2 N–H and O–H groups in total. The third-order valence-corrected chi connectivity index (χ3v) is 4.33. The Morgan fingerprint density at radius 3 is 2.83 bits per heavy atom. The maximum Gasteiger partial charge on any atom is 0.0212 e. The van der Waals surface area contributed by atoms with Gasteiger partial charge < -0.3 is 10.6 Å². The van der Waals surface area contributed by atoms with Gasteiger partial charge in [0, 0.05) is 19.1 Å². The number of hydrogen-bond acceptors (Lipinski definition) is 2. The van der Waals surface area contributed by atoms with Crippen LogP contribution in [0.2, 0.25) is 0 Å². The SMILES string of the molecule is c1cc2c(cc1CCCNC1CCCC1)CNC2. The van der Waals surface area contributed by atoms with Gasteiger partial charge in [0.05, 0.1) is 0 Å². The Bertz CT molecular complexity index is 394. The molecular formula is C16H24N2. The standard InChI is InChI=1S/C16H24N2/c1-2-6-16(5-1)18-9-3-4-13-7-8-14-11-17-12-15(14)10-13/h7-8,10,16-18H,1-6,9,11-12H2. The average molecular weight is 244 g/mol. The first-order chi connectivity index (χ1) is 8.92. The first-order valence-corrected chi connectivity index (χ1v) is 7.46. The zero-order chi connectivity index (χ0) is 12.2. The van der Waals surface area contributed by atoms with Crippen molar-refractivity contribution in [2.45, 2.75) is 57.7 Å². The highest BCUT2D eigenvalue weighted by atomic mass is 14.9. The van der Waals surface area contributed by atoms with Crippen LogP contribution in [0.15, 0.2) is 18.2 Å². The molecule has 1 heterocycles. The van der Waals surface area contributed by atoms with Crippen LogP contribution in [0, 0.1) is 0 Å². The molecule has 0 amide bonds. The van der Waals surface area contributed by atoms with Crippen LogP contribution in [0.3, 0.4) is 0 Å². The number of benzene rings is 1. The Hall–Kier alpha value is -0.860. The number of hydrogen-bond donors (Lipinski definition) is 2. The normalized spacial score (nSPS) is 19.3. The van der Waals surface area contributed by atoms with Gasteiger partial charge in [-0.1, -0.05) is 31.0 Å². The summed E-state index contributed by atoms with van der Waals surface area (Å²) in [6.07, 6.45) is 8.12. The quantitative estimate of drug-likeness (QED) is 0.778. The number of fused-ring (bicyclic) bond motifs is 1. The molecule has 0 bridgehead atoms. The fourth-order valence-corrected chi connectivity index (χ4v) is 3.23. The molecule has 2 heteroatoms. The lowest BCUT2D eigenvalue weighted by atomic mass is 10.0. The van der Waals surface area contributed by atoms with Crippen LogP contribution in [-0.2, 0) is 19.5 Å². The summed E-state index contributed by atoms with van der Waals surface area (Å²) in [5.41, 5.74) is 4.50. The van der Waals surface area contributed by atoms with Crippen molar-refractivity contribution in [3.8, 4) is 0 Å². The summed E-state index contributed by atoms with van der Waals surface area (Å²) in [4.78, 5) is 0. The summed E-state index contributed by atoms with van der Waals surface area (Å²) in [5, 5.41) is 7.10. The summed E-state index contributed by atoms with van der Waals surface area (Å²) < 4.78 is 0. The molecule has 0 aromatic heterocycles. The molecule has 3 rings (SSSR count). The lowest BCUT2D eigenvalue weighted by Crippen LogP contribution is -2.27. The van der Waals surface area contributed by atoms with Crippen LogP contribution in [0.4, 0.5) is 0 Å². The second-order valence-electron chi connectivity index (χ2n) is 5.75. The molecule has 0 spiro atoms. The number of aryl methyl sites for hydroxylation is 1. The first kappa shape index (κ1) is 12.2. The van der Waals surface area contributed by atoms with E-state index in [0.29, 0.717) is 0 Å². The smallest absolute Gasteiger partial charge is 0.0212 e. The molecule has 0 atom stereocenters. The van der Waals surface area contributed by atoms with E-state index in [1.807, 2.05) is 0 Å². The Morgan fingerprint density at radius 1 is 1.11 bits per heavy atom. The molecule has 0 radical (unpaired) electrons. The van der Waals surface area contributed by atoms with E-state index in [9.17, 15) is 0 Å². The molecule has 0 saturated heterocycles. The van der Waals surface area contributed by atoms with Gasteiger partial charge >= 0.3 is 0 Å². The minimum absolute atomic E-state index is 0.814. The van der Waals surface area contributed by atoms with Gasteiger partial charge in [0.2, 0.25) is 0 Å². The van der Waals surface area contributed by atoms with Crippen LogP contribution in [0.1, 0.15) is 48.8 Å². The molecule has 1 fully saturated rings. The molecule has 1 aromatic carbocycles. The van der Waals surface area contributed by atoms with Crippen LogP contribution >= 0.6 is 0 Å². The van der Waals surface area contributed by atoms with Crippen molar-refractivity contribution >= 4 is 0 Å². The second kappa shape index (κ2) is 5.85. The minimum Gasteiger partial charge on any atom is -0.314 e. The summed E-state index contributed by atoms with van der Waals surface area (Å²) in [5.74, 6) is 0. The van der Waals surface area contributed by atoms with Crippen molar-refractivity contribution in [1.82, 2.24) is 10.6 Å². The van der Waals surface area contributed by atoms with Crippen molar-refractivity contribution < 1.29 is 0 Å². The summed E-state index contributed by atoms with van der Waals surface area (Å²) in [6, 6.07) is 7.82. The van der Waals surface area contributed by atoms with E-state index in [1.165, 1.54) is 61.8 Å². The molecule has 2 nitrogen and oxygen atoms in total. The van der Waals surface area contributed by atoms with Gasteiger partial charge in [-0.25, -0.2) is 0 Å². The van der Waals surface area contributed by atoms with Crippen molar-refractivity contribution in [2.24, 2.45) is 0 Å². The lowest BCUT2D eigenvalue weighted by Gasteiger charge is -2.11. The molecule has 1 aliphatic carbocycles. The van der Waals surface area contributed by atoms with Gasteiger partial charge in [-0.05, 0) is 48.9 Å². The molecule has 1 saturated carbocycles. The van der Waals surface area contributed by atoms with Crippen molar-refractivity contribution in [1.29, 1.82) is 0 Å². The highest BCUT2D eigenvalue weighted by Crippen LogP contribution is 2.19. The molecule has 98 valence electrons. The summed E-state index contributed by atoms with van der Waals surface area (Å²) >= 11 is 0. The van der Waals surface area contributed by atoms with Gasteiger partial charge in [-0.15, -0.1) is 0 Å². The van der Waals surface area contributed by atoms with Gasteiger partial charge in [0.25, 0.3) is 0 Å². The van der Waals surface area contributed by atoms with Crippen molar-refractivity contribution in [3.63, 3.8) is 0 Å². The van der Waals surface area contributed by atoms with Crippen LogP contribution in [-0.4, -0.2) is 12.6 Å². The van der Waals surface area contributed by atoms with Gasteiger partial charge in [-0.2, -0.15) is 0 Å². The first-order valence-electron chi connectivity index (χ1n) is 7.46. The predicted molar refractivity (Wildman–Crippen MR) is 75.6 cm³/mol. The fraction of sp³-hybridized carbons (Fsp3) is 0.625. The molecular weight excluding hydrogens is 220 g/mol. The van der Waals surface area contributed by atoms with E-state index in [1.54, 1.807) is 0 Å². The number of rotatable bonds is 5. The highest BCUT2D eigenvalue weighted by Gasteiger charge is 2.13. The molecule has 18 heavy (non-hydrogen) atoms. The van der Waals surface area contributed by atoms with E-state index in [4.69, 9.17) is 0 Å². The van der Waals surface area contributed by atoms with Crippen LogP contribution in [0.5, 0.6) is 0 Å². The van der Waals surface area contributed by atoms with Gasteiger partial charge in [0.1, 0.15) is 0 Å². The topological polar surface area (TPSA) is 24.1 Å². The Morgan fingerprint density at radius 2 is 1.94 bits per heavy atom. The highest BCUT2D eigenvalue weighted by molar-refractivity contribution is 5.34. The van der Waals surface area contributed by atoms with E-state index in [2.05, 4.69) is 28.8 Å². The minimum atomic E-state index is 0.814.